The summed E-state index contributed by atoms with van der Waals surface area (Å²) < 4.78 is 11.4. The molecule has 0 aromatic rings. The van der Waals surface area contributed by atoms with E-state index in [2.05, 4.69) is 23.6 Å². The first kappa shape index (κ1) is 22.8. The zero-order valence-corrected chi connectivity index (χ0v) is 18.1. The number of carbonyl (C=O) groups is 1. The van der Waals surface area contributed by atoms with Crippen molar-refractivity contribution in [3.05, 3.63) is 0 Å². The third-order valence-corrected chi connectivity index (χ3v) is 6.33. The highest BCUT2D eigenvalue weighted by molar-refractivity contribution is 5.82. The molecule has 0 spiro atoms. The Morgan fingerprint density at radius 3 is 2.22 bits per heavy atom. The lowest BCUT2D eigenvalue weighted by atomic mass is 9.86. The number of rotatable bonds is 11. The fraction of sp³-hybridized carbons (Fsp3) is 0.955. The van der Waals surface area contributed by atoms with Crippen LogP contribution in [0.25, 0.3) is 0 Å². The van der Waals surface area contributed by atoms with Gasteiger partial charge in [-0.15, -0.1) is 0 Å². The molecule has 0 aromatic heterocycles. The molecule has 0 aliphatic carbocycles. The minimum atomic E-state index is 0.189. The molecule has 5 nitrogen and oxygen atoms in total. The van der Waals surface area contributed by atoms with E-state index in [0.717, 1.165) is 45.5 Å². The van der Waals surface area contributed by atoms with E-state index in [1.807, 2.05) is 13.8 Å². The molecule has 5 heteroatoms. The normalized spacial score (nSPS) is 22.4. The van der Waals surface area contributed by atoms with Gasteiger partial charge in [-0.25, -0.2) is 0 Å². The van der Waals surface area contributed by atoms with Crippen LogP contribution in [-0.2, 0) is 14.3 Å². The van der Waals surface area contributed by atoms with Crippen molar-refractivity contribution in [2.75, 3.05) is 52.5 Å². The average molecular weight is 383 g/mol. The quantitative estimate of drug-likeness (QED) is 0.513. The van der Waals surface area contributed by atoms with Crippen LogP contribution in [0.4, 0.5) is 0 Å². The first-order valence-electron chi connectivity index (χ1n) is 11.2. The monoisotopic (exact) mass is 382 g/mol. The Kier molecular flexibility index (Phi) is 10.3. The van der Waals surface area contributed by atoms with Crippen molar-refractivity contribution in [3.8, 4) is 0 Å². The molecule has 1 atom stereocenters. The molecule has 27 heavy (non-hydrogen) atoms. The highest BCUT2D eigenvalue weighted by Gasteiger charge is 2.31. The van der Waals surface area contributed by atoms with Crippen molar-refractivity contribution in [2.24, 2.45) is 11.8 Å². The first-order valence-corrected chi connectivity index (χ1v) is 11.2. The van der Waals surface area contributed by atoms with Crippen LogP contribution in [0.3, 0.4) is 0 Å². The Hall–Kier alpha value is -0.490. The summed E-state index contributed by atoms with van der Waals surface area (Å²) in [5.74, 6) is 0.968. The van der Waals surface area contributed by atoms with E-state index in [0.29, 0.717) is 37.1 Å². The molecule has 0 saturated carbocycles. The van der Waals surface area contributed by atoms with E-state index in [9.17, 15) is 4.79 Å². The Labute approximate surface area is 166 Å². The second kappa shape index (κ2) is 12.2. The van der Waals surface area contributed by atoms with E-state index in [1.165, 1.54) is 25.9 Å². The third kappa shape index (κ3) is 7.80. The molecule has 0 bridgehead atoms. The smallest absolute Gasteiger partial charge is 0.138 e. The zero-order valence-electron chi connectivity index (χ0n) is 18.1. The summed E-state index contributed by atoms with van der Waals surface area (Å²) in [6.07, 6.45) is 6.01. The molecule has 0 radical (unpaired) electrons. The van der Waals surface area contributed by atoms with Crippen LogP contribution in [0.5, 0.6) is 0 Å². The molecule has 2 saturated heterocycles. The molecule has 2 heterocycles. The maximum atomic E-state index is 12.2. The van der Waals surface area contributed by atoms with Gasteiger partial charge in [0.15, 0.2) is 0 Å². The number of carbonyl (C=O) groups excluding carboxylic acids is 1. The number of ketones is 1. The molecule has 2 aliphatic rings. The van der Waals surface area contributed by atoms with E-state index >= 15 is 0 Å². The summed E-state index contributed by atoms with van der Waals surface area (Å²) in [5, 5.41) is 0. The maximum Gasteiger partial charge on any atom is 0.138 e. The number of ether oxygens (including phenoxy) is 2. The van der Waals surface area contributed by atoms with Crippen molar-refractivity contribution in [3.63, 3.8) is 0 Å². The van der Waals surface area contributed by atoms with Crippen LogP contribution in [0.2, 0.25) is 0 Å². The number of piperidine rings is 2. The van der Waals surface area contributed by atoms with Gasteiger partial charge >= 0.3 is 0 Å². The maximum absolute atomic E-state index is 12.2. The van der Waals surface area contributed by atoms with Crippen molar-refractivity contribution >= 4 is 5.78 Å². The summed E-state index contributed by atoms with van der Waals surface area (Å²) in [5.41, 5.74) is 0. The van der Waals surface area contributed by atoms with Gasteiger partial charge in [0.2, 0.25) is 0 Å². The Bertz CT molecular complexity index is 414. The number of nitrogens with zero attached hydrogens (tertiary/aromatic N) is 2. The van der Waals surface area contributed by atoms with Gasteiger partial charge in [-0.3, -0.25) is 4.79 Å². The third-order valence-electron chi connectivity index (χ3n) is 6.33. The summed E-state index contributed by atoms with van der Waals surface area (Å²) in [6, 6.07) is 0.709. The summed E-state index contributed by atoms with van der Waals surface area (Å²) in [7, 11) is 0. The van der Waals surface area contributed by atoms with Crippen LogP contribution in [0.15, 0.2) is 0 Å². The molecule has 1 unspecified atom stereocenters. The highest BCUT2D eigenvalue weighted by atomic mass is 16.5. The Balaban J connectivity index is 1.54. The second-order valence-corrected chi connectivity index (χ2v) is 8.64. The predicted molar refractivity (Wildman–Crippen MR) is 110 cm³/mol. The second-order valence-electron chi connectivity index (χ2n) is 8.64. The van der Waals surface area contributed by atoms with Gasteiger partial charge < -0.3 is 19.3 Å². The number of likely N-dealkylation sites (tertiary alicyclic amines) is 2. The zero-order chi connectivity index (χ0) is 19.6. The van der Waals surface area contributed by atoms with Crippen molar-refractivity contribution in [1.82, 2.24) is 9.80 Å². The predicted octanol–water partition coefficient (Wildman–Crippen LogP) is 3.22. The minimum Gasteiger partial charge on any atom is -0.378 e. The highest BCUT2D eigenvalue weighted by Crippen LogP contribution is 2.25. The average Bonchev–Trinajstić information content (AvgIpc) is 2.70. The van der Waals surface area contributed by atoms with Crippen LogP contribution in [0, 0.1) is 11.8 Å². The largest absolute Gasteiger partial charge is 0.378 e. The summed E-state index contributed by atoms with van der Waals surface area (Å²) >= 11 is 0. The van der Waals surface area contributed by atoms with Crippen molar-refractivity contribution in [2.45, 2.75) is 71.9 Å². The molecule has 2 aliphatic heterocycles. The van der Waals surface area contributed by atoms with Crippen LogP contribution >= 0.6 is 0 Å². The summed E-state index contributed by atoms with van der Waals surface area (Å²) in [4.78, 5) is 17.4. The fourth-order valence-electron chi connectivity index (χ4n) is 4.25. The lowest BCUT2D eigenvalue weighted by molar-refractivity contribution is -0.127. The SMILES string of the molecule is CCC(C)OCCOCCN1CCC(N2CCC(C(=O)C(C)C)CC2)CC1. The fourth-order valence-corrected chi connectivity index (χ4v) is 4.25. The first-order chi connectivity index (χ1) is 13.0. The van der Waals surface area contributed by atoms with Crippen molar-refractivity contribution < 1.29 is 14.3 Å². The molecule has 2 fully saturated rings. The van der Waals surface area contributed by atoms with Gasteiger partial charge in [-0.05, 0) is 65.2 Å². The van der Waals surface area contributed by atoms with Gasteiger partial charge in [-0.2, -0.15) is 0 Å². The standard InChI is InChI=1S/C22H42N2O3/c1-5-19(4)27-17-16-26-15-14-23-10-8-21(9-11-23)24-12-6-20(7-13-24)22(25)18(2)3/h18-21H,5-17H2,1-4H3. The van der Waals surface area contributed by atoms with E-state index < -0.39 is 0 Å². The van der Waals surface area contributed by atoms with Crippen LogP contribution in [-0.4, -0.2) is 80.3 Å². The summed E-state index contributed by atoms with van der Waals surface area (Å²) in [6.45, 7) is 16.1. The van der Waals surface area contributed by atoms with Crippen LogP contribution in [0.1, 0.15) is 59.8 Å². The lowest BCUT2D eigenvalue weighted by Crippen LogP contribution is -2.49. The molecular weight excluding hydrogens is 340 g/mol. The van der Waals surface area contributed by atoms with E-state index in [-0.39, 0.29) is 5.92 Å². The van der Waals surface area contributed by atoms with Gasteiger partial charge in [0, 0.05) is 24.4 Å². The molecular formula is C22H42N2O3. The van der Waals surface area contributed by atoms with E-state index in [4.69, 9.17) is 9.47 Å². The Morgan fingerprint density at radius 2 is 1.63 bits per heavy atom. The molecule has 0 amide bonds. The number of hydrogen-bond acceptors (Lipinski definition) is 5. The molecule has 158 valence electrons. The Morgan fingerprint density at radius 1 is 0.963 bits per heavy atom. The minimum absolute atomic E-state index is 0.189. The van der Waals surface area contributed by atoms with Gasteiger partial charge in [0.25, 0.3) is 0 Å². The van der Waals surface area contributed by atoms with Crippen LogP contribution < -0.4 is 0 Å². The van der Waals surface area contributed by atoms with E-state index in [1.54, 1.807) is 0 Å². The number of Topliss-reactive ketones (excluding diaryl/α,β-unsaturated/α-hetero) is 1. The van der Waals surface area contributed by atoms with Gasteiger partial charge in [0.1, 0.15) is 5.78 Å². The molecule has 0 aromatic carbocycles. The molecule has 2 rings (SSSR count). The lowest BCUT2D eigenvalue weighted by Gasteiger charge is -2.41. The van der Waals surface area contributed by atoms with Crippen molar-refractivity contribution in [1.29, 1.82) is 0 Å². The topological polar surface area (TPSA) is 42.0 Å². The van der Waals surface area contributed by atoms with Gasteiger partial charge in [-0.1, -0.05) is 20.8 Å². The number of hydrogen-bond donors (Lipinski definition) is 0. The molecule has 0 N–H and O–H groups in total. The van der Waals surface area contributed by atoms with Gasteiger partial charge in [0.05, 0.1) is 25.9 Å².